The van der Waals surface area contributed by atoms with Gasteiger partial charge in [0.15, 0.2) is 10.8 Å². The van der Waals surface area contributed by atoms with Crippen molar-refractivity contribution in [2.75, 3.05) is 31.6 Å². The molecular formula is C15H16KN5O6S3. The van der Waals surface area contributed by atoms with Crippen molar-refractivity contribution in [2.24, 2.45) is 5.16 Å². The van der Waals surface area contributed by atoms with Crippen LogP contribution in [0, 0.1) is 0 Å². The van der Waals surface area contributed by atoms with E-state index in [4.69, 9.17) is 15.3 Å². The van der Waals surface area contributed by atoms with Crippen molar-refractivity contribution in [1.29, 1.82) is 0 Å². The number of anilines is 1. The van der Waals surface area contributed by atoms with Crippen LogP contribution in [0.4, 0.5) is 5.13 Å². The van der Waals surface area contributed by atoms with Crippen molar-refractivity contribution in [3.05, 3.63) is 21.7 Å². The van der Waals surface area contributed by atoms with Gasteiger partial charge in [0.2, 0.25) is 0 Å². The number of ether oxygens (including phenoxy) is 1. The molecule has 1 saturated heterocycles. The molecular weight excluding hydrogens is 481 g/mol. The van der Waals surface area contributed by atoms with E-state index in [2.05, 4.69) is 15.5 Å². The van der Waals surface area contributed by atoms with Crippen LogP contribution < -0.4 is 67.5 Å². The normalized spacial score (nSPS) is 20.8. The summed E-state index contributed by atoms with van der Waals surface area (Å²) in [5, 5.41) is 19.0. The van der Waals surface area contributed by atoms with E-state index >= 15 is 0 Å². The maximum absolute atomic E-state index is 12.6. The Morgan fingerprint density at radius 1 is 1.50 bits per heavy atom. The molecule has 1 aromatic heterocycles. The Morgan fingerprint density at radius 3 is 2.80 bits per heavy atom. The summed E-state index contributed by atoms with van der Waals surface area (Å²) >= 11 is 3.64. The zero-order chi connectivity index (χ0) is 21.1. The fourth-order valence-electron chi connectivity index (χ4n) is 2.72. The smallest absolute Gasteiger partial charge is 0.543 e. The molecule has 0 unspecified atom stereocenters. The maximum atomic E-state index is 12.6. The Morgan fingerprint density at radius 2 is 2.23 bits per heavy atom. The van der Waals surface area contributed by atoms with Gasteiger partial charge in [-0.2, -0.15) is 0 Å². The van der Waals surface area contributed by atoms with Crippen molar-refractivity contribution in [2.45, 2.75) is 11.4 Å². The van der Waals surface area contributed by atoms with E-state index in [1.54, 1.807) is 0 Å². The third-order valence-electron chi connectivity index (χ3n) is 3.93. The molecule has 2 amide bonds. The van der Waals surface area contributed by atoms with E-state index in [0.717, 1.165) is 16.2 Å². The summed E-state index contributed by atoms with van der Waals surface area (Å²) in [7, 11) is 2.76. The molecule has 0 spiro atoms. The van der Waals surface area contributed by atoms with Crippen LogP contribution in [0.5, 0.6) is 0 Å². The number of aliphatic carboxylic acids is 1. The Hall–Kier alpha value is -0.654. The van der Waals surface area contributed by atoms with Gasteiger partial charge in [-0.1, -0.05) is 16.9 Å². The molecule has 0 aliphatic carbocycles. The summed E-state index contributed by atoms with van der Waals surface area (Å²) in [6.45, 7) is 0. The number of rotatable bonds is 8. The summed E-state index contributed by atoms with van der Waals surface area (Å²) in [5.41, 5.74) is 5.47. The molecule has 2 atom stereocenters. The van der Waals surface area contributed by atoms with Gasteiger partial charge in [-0.15, -0.1) is 23.1 Å². The van der Waals surface area contributed by atoms with E-state index in [1.165, 1.54) is 43.1 Å². The van der Waals surface area contributed by atoms with Gasteiger partial charge in [-0.25, -0.2) is 4.98 Å². The number of carboxylic acid groups (broad SMARTS) is 1. The van der Waals surface area contributed by atoms with Crippen LogP contribution >= 0.6 is 34.9 Å². The number of thiazole rings is 1. The second kappa shape index (κ2) is 11.3. The predicted octanol–water partition coefficient (Wildman–Crippen LogP) is -4.22. The molecule has 0 saturated carbocycles. The molecule has 0 aromatic carbocycles. The summed E-state index contributed by atoms with van der Waals surface area (Å²) in [4.78, 5) is 47.2. The summed E-state index contributed by atoms with van der Waals surface area (Å²) in [6.07, 6.45) is 0. The average molecular weight is 498 g/mol. The topological polar surface area (TPSA) is 159 Å². The van der Waals surface area contributed by atoms with Gasteiger partial charge in [0.1, 0.15) is 24.2 Å². The Balaban J connectivity index is 0.00000320. The van der Waals surface area contributed by atoms with Crippen LogP contribution in [0.15, 0.2) is 21.1 Å². The summed E-state index contributed by atoms with van der Waals surface area (Å²) < 4.78 is 4.95. The minimum Gasteiger partial charge on any atom is -0.543 e. The van der Waals surface area contributed by atoms with Crippen LogP contribution in [0.3, 0.4) is 0 Å². The number of aromatic nitrogens is 1. The van der Waals surface area contributed by atoms with Crippen molar-refractivity contribution < 1.29 is 80.4 Å². The van der Waals surface area contributed by atoms with Gasteiger partial charge in [0, 0.05) is 23.1 Å². The minimum absolute atomic E-state index is 0. The van der Waals surface area contributed by atoms with Crippen LogP contribution in [0.25, 0.3) is 0 Å². The zero-order valence-corrected chi connectivity index (χ0v) is 21.8. The largest absolute Gasteiger partial charge is 1.00 e. The van der Waals surface area contributed by atoms with Crippen LogP contribution in [-0.4, -0.2) is 70.7 Å². The van der Waals surface area contributed by atoms with Gasteiger partial charge in [0.05, 0.1) is 17.6 Å². The number of nitrogen functional groups attached to an aromatic ring is 1. The molecule has 156 valence electrons. The molecule has 30 heavy (non-hydrogen) atoms. The second-order valence-electron chi connectivity index (χ2n) is 5.66. The maximum Gasteiger partial charge on any atom is 1.00 e. The van der Waals surface area contributed by atoms with Crippen molar-refractivity contribution >= 4 is 63.5 Å². The van der Waals surface area contributed by atoms with Crippen molar-refractivity contribution in [3.8, 4) is 0 Å². The molecule has 1 fully saturated rings. The summed E-state index contributed by atoms with van der Waals surface area (Å²) in [6, 6.07) is -0.922. The van der Waals surface area contributed by atoms with Gasteiger partial charge >= 0.3 is 51.4 Å². The average Bonchev–Trinajstić information content (AvgIpc) is 3.13. The van der Waals surface area contributed by atoms with Crippen LogP contribution in [-0.2, 0) is 24.0 Å². The van der Waals surface area contributed by atoms with E-state index < -0.39 is 29.2 Å². The standard InChI is InChI=1S/C15H17N5O6S3.K/c1-25-5-29-7-4-27-13-9(12(22)20(13)10(7)14(23)24)18-11(21)8(19-26-2)6-3-28-15(16)17-6;/h3,9,13H,4-5H2,1-2H3,(H2,16,17)(H,18,21)(H,23,24);/q;+1/p-1/b19-8-;/t9-,13-;/m1./s1. The Bertz CT molecular complexity index is 907. The summed E-state index contributed by atoms with van der Waals surface area (Å²) in [5.74, 6) is -2.10. The molecule has 0 radical (unpaired) electrons. The van der Waals surface area contributed by atoms with E-state index in [-0.39, 0.29) is 79.6 Å². The molecule has 3 N–H and O–H groups in total. The number of nitrogens with one attached hydrogen (secondary N) is 1. The number of methoxy groups -OCH3 is 1. The third-order valence-corrected chi connectivity index (χ3v) is 7.10. The molecule has 15 heteroatoms. The molecule has 2 aliphatic heterocycles. The quantitative estimate of drug-likeness (QED) is 0.118. The van der Waals surface area contributed by atoms with E-state index in [0.29, 0.717) is 10.7 Å². The number of nitrogens with zero attached hydrogens (tertiary/aromatic N) is 3. The Kier molecular flexibility index (Phi) is 9.63. The number of carbonyl (C=O) groups excluding carboxylic acids is 3. The number of nitrogens with two attached hydrogens (primary N) is 1. The fourth-order valence-corrected chi connectivity index (χ4v) is 5.58. The van der Waals surface area contributed by atoms with E-state index in [1.807, 2.05) is 0 Å². The number of thioether (sulfide) groups is 2. The van der Waals surface area contributed by atoms with Crippen LogP contribution in [0.2, 0.25) is 0 Å². The number of amides is 2. The number of hydrogen-bond donors (Lipinski definition) is 2. The first-order chi connectivity index (χ1) is 13.9. The molecule has 1 aromatic rings. The van der Waals surface area contributed by atoms with Crippen molar-refractivity contribution in [1.82, 2.24) is 15.2 Å². The van der Waals surface area contributed by atoms with Gasteiger partial charge in [-0.3, -0.25) is 14.5 Å². The zero-order valence-electron chi connectivity index (χ0n) is 16.2. The number of carbonyl (C=O) groups is 3. The number of hydrogen-bond acceptors (Lipinski definition) is 12. The first-order valence-corrected chi connectivity index (χ1v) is 10.9. The van der Waals surface area contributed by atoms with Gasteiger partial charge in [0.25, 0.3) is 11.8 Å². The first kappa shape index (κ1) is 25.6. The Labute approximate surface area is 226 Å². The van der Waals surface area contributed by atoms with Gasteiger partial charge < -0.3 is 30.5 Å². The second-order valence-corrected chi connectivity index (χ2v) is 8.68. The fraction of sp³-hybridized carbons (Fsp3) is 0.400. The molecule has 0 bridgehead atoms. The van der Waals surface area contributed by atoms with E-state index in [9.17, 15) is 19.5 Å². The van der Waals surface area contributed by atoms with Crippen LogP contribution in [0.1, 0.15) is 5.69 Å². The number of fused-ring (bicyclic) bond motifs is 1. The molecule has 3 rings (SSSR count). The molecule has 3 heterocycles. The number of carboxylic acids is 1. The number of oxime groups is 1. The first-order valence-electron chi connectivity index (χ1n) is 8.03. The number of β-lactam (4-membered cyclic amide) rings is 1. The van der Waals surface area contributed by atoms with Gasteiger partial charge in [-0.05, 0) is 0 Å². The van der Waals surface area contributed by atoms with Crippen molar-refractivity contribution in [3.63, 3.8) is 0 Å². The minimum atomic E-state index is -1.45. The predicted molar refractivity (Wildman–Crippen MR) is 107 cm³/mol. The monoisotopic (exact) mass is 497 g/mol. The SMILES string of the molecule is COCSC1=C(C(=O)[O-])N2C(=O)[C@@H](NC(=O)/C(=N\OC)c3csc(N)n3)[C@H]2SC1.[K+]. The molecule has 11 nitrogen and oxygen atoms in total. The third kappa shape index (κ3) is 5.21. The molecule has 2 aliphatic rings.